The second-order valence-electron chi connectivity index (χ2n) is 6.16. The van der Waals surface area contributed by atoms with Crippen LogP contribution in [0.15, 0.2) is 18.2 Å². The van der Waals surface area contributed by atoms with E-state index in [1.165, 1.54) is 6.07 Å². The molecule has 110 valence electrons. The van der Waals surface area contributed by atoms with Crippen molar-refractivity contribution in [1.82, 2.24) is 0 Å². The van der Waals surface area contributed by atoms with Gasteiger partial charge in [0.15, 0.2) is 0 Å². The molecule has 0 aromatic heterocycles. The van der Waals surface area contributed by atoms with Gasteiger partial charge < -0.3 is 4.43 Å². The molecular weight excluding hydrogens is 315 g/mol. The Morgan fingerprint density at radius 3 is 1.70 bits per heavy atom. The highest BCUT2D eigenvalue weighted by atomic mass is 35.5. The first-order valence-corrected chi connectivity index (χ1v) is 9.84. The number of halogens is 2. The lowest BCUT2D eigenvalue weighted by molar-refractivity contribution is 0.108. The van der Waals surface area contributed by atoms with Gasteiger partial charge in [0.25, 0.3) is 10.5 Å². The van der Waals surface area contributed by atoms with Crippen LogP contribution in [-0.2, 0) is 0 Å². The first-order valence-electron chi connectivity index (χ1n) is 6.18. The molecule has 0 atom stereocenters. The average Bonchev–Trinajstić information content (AvgIpc) is 2.26. The molecule has 0 bridgehead atoms. The van der Waals surface area contributed by atoms with Crippen LogP contribution in [0.2, 0.25) is 18.1 Å². The summed E-state index contributed by atoms with van der Waals surface area (Å²) in [5.41, 5.74) is 0.402. The van der Waals surface area contributed by atoms with E-state index in [1.807, 2.05) is 0 Å². The van der Waals surface area contributed by atoms with Crippen molar-refractivity contribution in [2.45, 2.75) is 38.9 Å². The van der Waals surface area contributed by atoms with Crippen molar-refractivity contribution in [2.75, 3.05) is 0 Å². The molecule has 6 heteroatoms. The van der Waals surface area contributed by atoms with E-state index in [0.29, 0.717) is 5.75 Å². The first kappa shape index (κ1) is 17.2. The number of hydrogen-bond donors (Lipinski definition) is 0. The average molecular weight is 333 g/mol. The van der Waals surface area contributed by atoms with Crippen LogP contribution in [0.3, 0.4) is 0 Å². The Kier molecular flexibility index (Phi) is 5.06. The van der Waals surface area contributed by atoms with Crippen molar-refractivity contribution in [1.29, 1.82) is 0 Å². The Morgan fingerprint density at radius 1 is 1.00 bits per heavy atom. The van der Waals surface area contributed by atoms with Crippen molar-refractivity contribution in [3.8, 4) is 5.75 Å². The molecule has 1 rings (SSSR count). The molecule has 0 saturated carbocycles. The molecule has 20 heavy (non-hydrogen) atoms. The zero-order chi connectivity index (χ0) is 15.7. The molecule has 0 saturated heterocycles. The summed E-state index contributed by atoms with van der Waals surface area (Å²) >= 11 is 11.0. The maximum Gasteiger partial charge on any atom is 0.252 e. The molecule has 0 radical (unpaired) electrons. The molecule has 0 aliphatic rings. The lowest BCUT2D eigenvalue weighted by Gasteiger charge is -2.36. The molecule has 1 aromatic rings. The Morgan fingerprint density at radius 2 is 1.40 bits per heavy atom. The minimum atomic E-state index is -2.07. The molecular formula is C14H18Cl2O3Si. The second-order valence-corrected chi connectivity index (χ2v) is 11.6. The van der Waals surface area contributed by atoms with Gasteiger partial charge in [0.1, 0.15) is 5.75 Å². The monoisotopic (exact) mass is 332 g/mol. The minimum Gasteiger partial charge on any atom is -0.543 e. The summed E-state index contributed by atoms with van der Waals surface area (Å²) in [4.78, 5) is 22.6. The van der Waals surface area contributed by atoms with Crippen molar-refractivity contribution < 1.29 is 14.0 Å². The van der Waals surface area contributed by atoms with E-state index in [-0.39, 0.29) is 16.2 Å². The number of rotatable bonds is 4. The molecule has 0 aliphatic heterocycles. The fraction of sp³-hybridized carbons (Fsp3) is 0.429. The summed E-state index contributed by atoms with van der Waals surface area (Å²) in [5, 5.41) is -1.30. The fourth-order valence-electron chi connectivity index (χ4n) is 1.33. The summed E-state index contributed by atoms with van der Waals surface area (Å²) in [7, 11) is -2.07. The van der Waals surface area contributed by atoms with Crippen LogP contribution in [0, 0.1) is 0 Å². The summed E-state index contributed by atoms with van der Waals surface area (Å²) in [6, 6.07) is 4.45. The molecule has 0 N–H and O–H groups in total. The maximum atomic E-state index is 11.3. The summed E-state index contributed by atoms with van der Waals surface area (Å²) < 4.78 is 6.07. The molecule has 0 unspecified atom stereocenters. The van der Waals surface area contributed by atoms with Crippen LogP contribution in [-0.4, -0.2) is 18.8 Å². The predicted octanol–water partition coefficient (Wildman–Crippen LogP) is 4.83. The minimum absolute atomic E-state index is 0.000878. The molecule has 1 aromatic carbocycles. The van der Waals surface area contributed by atoms with Gasteiger partial charge in [-0.05, 0) is 59.5 Å². The topological polar surface area (TPSA) is 43.4 Å². The normalized spacial score (nSPS) is 12.2. The SMILES string of the molecule is CC(C)(C)[Si](C)(C)Oc1cc(C(=O)Cl)cc(C(=O)Cl)c1. The van der Waals surface area contributed by atoms with E-state index in [1.54, 1.807) is 12.1 Å². The Balaban J connectivity index is 3.25. The quantitative estimate of drug-likeness (QED) is 0.585. The third-order valence-electron chi connectivity index (χ3n) is 3.54. The van der Waals surface area contributed by atoms with Crippen LogP contribution in [0.25, 0.3) is 0 Å². The molecule has 0 spiro atoms. The van der Waals surface area contributed by atoms with E-state index < -0.39 is 18.8 Å². The van der Waals surface area contributed by atoms with E-state index in [4.69, 9.17) is 27.6 Å². The van der Waals surface area contributed by atoms with Gasteiger partial charge in [0.05, 0.1) is 0 Å². The number of carbonyl (C=O) groups excluding carboxylic acids is 2. The molecule has 0 aliphatic carbocycles. The standard InChI is InChI=1S/C14H18Cl2O3Si/c1-14(2,3)20(4,5)19-11-7-9(12(15)17)6-10(8-11)13(16)18/h6-8H,1-5H3. The van der Waals surface area contributed by atoms with E-state index >= 15 is 0 Å². The summed E-state index contributed by atoms with van der Waals surface area (Å²) in [6.07, 6.45) is 0. The third kappa shape index (κ3) is 4.07. The van der Waals surface area contributed by atoms with Crippen molar-refractivity contribution in [2.24, 2.45) is 0 Å². The lowest BCUT2D eigenvalue weighted by atomic mass is 10.1. The van der Waals surface area contributed by atoms with Gasteiger partial charge in [-0.15, -0.1) is 0 Å². The molecule has 3 nitrogen and oxygen atoms in total. The van der Waals surface area contributed by atoms with Crippen LogP contribution in [0.5, 0.6) is 5.75 Å². The number of carbonyl (C=O) groups is 2. The highest BCUT2D eigenvalue weighted by molar-refractivity contribution is 6.74. The van der Waals surface area contributed by atoms with E-state index in [0.717, 1.165) is 0 Å². The van der Waals surface area contributed by atoms with Crippen molar-refractivity contribution in [3.63, 3.8) is 0 Å². The van der Waals surface area contributed by atoms with Crippen LogP contribution < -0.4 is 4.43 Å². The zero-order valence-corrected chi connectivity index (χ0v) is 14.7. The van der Waals surface area contributed by atoms with Crippen LogP contribution in [0.4, 0.5) is 0 Å². The zero-order valence-electron chi connectivity index (χ0n) is 12.2. The van der Waals surface area contributed by atoms with E-state index in [2.05, 4.69) is 33.9 Å². The fourth-order valence-corrected chi connectivity index (χ4v) is 2.56. The van der Waals surface area contributed by atoms with Gasteiger partial charge in [-0.2, -0.15) is 0 Å². The largest absolute Gasteiger partial charge is 0.543 e. The van der Waals surface area contributed by atoms with Gasteiger partial charge in [-0.25, -0.2) is 0 Å². The highest BCUT2D eigenvalue weighted by Crippen LogP contribution is 2.37. The number of hydrogen-bond acceptors (Lipinski definition) is 3. The Labute approximate surface area is 130 Å². The highest BCUT2D eigenvalue weighted by Gasteiger charge is 2.39. The second kappa shape index (κ2) is 5.88. The Hall–Kier alpha value is -0.843. The molecule has 0 heterocycles. The smallest absolute Gasteiger partial charge is 0.252 e. The van der Waals surface area contributed by atoms with Crippen molar-refractivity contribution in [3.05, 3.63) is 29.3 Å². The van der Waals surface area contributed by atoms with Gasteiger partial charge in [-0.3, -0.25) is 9.59 Å². The number of benzene rings is 1. The first-order chi connectivity index (χ1) is 8.94. The molecule has 0 fully saturated rings. The van der Waals surface area contributed by atoms with Gasteiger partial charge in [-0.1, -0.05) is 20.8 Å². The summed E-state index contributed by atoms with van der Waals surface area (Å²) in [5.74, 6) is 0.451. The lowest BCUT2D eigenvalue weighted by Crippen LogP contribution is -2.43. The van der Waals surface area contributed by atoms with Gasteiger partial charge in [0.2, 0.25) is 8.32 Å². The van der Waals surface area contributed by atoms with Crippen LogP contribution in [0.1, 0.15) is 41.5 Å². The maximum absolute atomic E-state index is 11.3. The third-order valence-corrected chi connectivity index (χ3v) is 8.33. The van der Waals surface area contributed by atoms with Crippen molar-refractivity contribution >= 4 is 42.0 Å². The van der Waals surface area contributed by atoms with Crippen LogP contribution >= 0.6 is 23.2 Å². The predicted molar refractivity (Wildman–Crippen MR) is 84.6 cm³/mol. The van der Waals surface area contributed by atoms with Gasteiger partial charge in [0, 0.05) is 11.1 Å². The van der Waals surface area contributed by atoms with E-state index in [9.17, 15) is 9.59 Å². The molecule has 0 amide bonds. The summed E-state index contributed by atoms with van der Waals surface area (Å²) in [6.45, 7) is 10.4. The Bertz CT molecular complexity index is 516. The van der Waals surface area contributed by atoms with Gasteiger partial charge >= 0.3 is 0 Å².